The van der Waals surface area contributed by atoms with Crippen LogP contribution in [0, 0.1) is 6.92 Å². The number of ether oxygens (including phenoxy) is 1. The van der Waals surface area contributed by atoms with Gasteiger partial charge in [0.05, 0.1) is 6.10 Å². The minimum absolute atomic E-state index is 0.157. The zero-order valence-corrected chi connectivity index (χ0v) is 9.99. The van der Waals surface area contributed by atoms with Crippen molar-refractivity contribution in [3.8, 4) is 0 Å². The van der Waals surface area contributed by atoms with Gasteiger partial charge in [-0.25, -0.2) is 0 Å². The Balaban J connectivity index is 1.82. The fourth-order valence-electron chi connectivity index (χ4n) is 2.22. The van der Waals surface area contributed by atoms with Gasteiger partial charge in [0.1, 0.15) is 0 Å². The largest absolute Gasteiger partial charge is 0.378 e. The zero-order chi connectivity index (χ0) is 11.4. The number of hydrogen-bond donors (Lipinski definition) is 1. The van der Waals surface area contributed by atoms with Gasteiger partial charge in [0.15, 0.2) is 0 Å². The maximum atomic E-state index is 6.17. The van der Waals surface area contributed by atoms with Gasteiger partial charge in [-0.1, -0.05) is 29.8 Å². The molecule has 88 valence electrons. The summed E-state index contributed by atoms with van der Waals surface area (Å²) in [5.74, 6) is 0. The Bertz CT molecular complexity index is 314. The van der Waals surface area contributed by atoms with E-state index in [1.165, 1.54) is 24.0 Å². The van der Waals surface area contributed by atoms with Crippen molar-refractivity contribution in [2.45, 2.75) is 44.8 Å². The smallest absolute Gasteiger partial charge is 0.0576 e. The van der Waals surface area contributed by atoms with Crippen molar-refractivity contribution in [3.63, 3.8) is 0 Å². The number of benzene rings is 1. The van der Waals surface area contributed by atoms with Crippen LogP contribution in [-0.2, 0) is 4.74 Å². The van der Waals surface area contributed by atoms with Crippen LogP contribution in [0.15, 0.2) is 24.3 Å². The Hall–Kier alpha value is -0.860. The molecule has 0 aromatic heterocycles. The van der Waals surface area contributed by atoms with Crippen molar-refractivity contribution in [1.82, 2.24) is 0 Å². The SMILES string of the molecule is Cc1ccc(C(N)CCC2CCCO2)cc1. The van der Waals surface area contributed by atoms with Crippen LogP contribution in [0.3, 0.4) is 0 Å². The van der Waals surface area contributed by atoms with E-state index in [4.69, 9.17) is 10.5 Å². The molecule has 0 amide bonds. The molecule has 2 unspecified atom stereocenters. The predicted molar refractivity (Wildman–Crippen MR) is 66.3 cm³/mol. The summed E-state index contributed by atoms with van der Waals surface area (Å²) in [4.78, 5) is 0. The lowest BCUT2D eigenvalue weighted by atomic mass is 9.99. The quantitative estimate of drug-likeness (QED) is 0.845. The van der Waals surface area contributed by atoms with Crippen LogP contribution in [0.25, 0.3) is 0 Å². The molecular weight excluding hydrogens is 198 g/mol. The fraction of sp³-hybridized carbons (Fsp3) is 0.571. The van der Waals surface area contributed by atoms with Crippen LogP contribution < -0.4 is 5.73 Å². The molecule has 1 aromatic carbocycles. The Morgan fingerprint density at radius 1 is 1.38 bits per heavy atom. The monoisotopic (exact) mass is 219 g/mol. The van der Waals surface area contributed by atoms with Gasteiger partial charge in [0.2, 0.25) is 0 Å². The zero-order valence-electron chi connectivity index (χ0n) is 9.99. The maximum absolute atomic E-state index is 6.17. The van der Waals surface area contributed by atoms with Crippen molar-refractivity contribution in [2.24, 2.45) is 5.73 Å². The third kappa shape index (κ3) is 3.06. The van der Waals surface area contributed by atoms with Crippen LogP contribution >= 0.6 is 0 Å². The summed E-state index contributed by atoms with van der Waals surface area (Å²) in [6.07, 6.45) is 4.99. The van der Waals surface area contributed by atoms with Crippen LogP contribution in [0.4, 0.5) is 0 Å². The predicted octanol–water partition coefficient (Wildman–Crippen LogP) is 2.95. The summed E-state index contributed by atoms with van der Waals surface area (Å²) < 4.78 is 5.60. The van der Waals surface area contributed by atoms with Crippen LogP contribution in [0.1, 0.15) is 42.9 Å². The van der Waals surface area contributed by atoms with Gasteiger partial charge in [-0.3, -0.25) is 0 Å². The highest BCUT2D eigenvalue weighted by atomic mass is 16.5. The second-order valence-corrected chi connectivity index (χ2v) is 4.73. The molecule has 16 heavy (non-hydrogen) atoms. The van der Waals surface area contributed by atoms with Gasteiger partial charge in [-0.2, -0.15) is 0 Å². The van der Waals surface area contributed by atoms with E-state index in [0.717, 1.165) is 19.4 Å². The number of aryl methyl sites for hydroxylation is 1. The van der Waals surface area contributed by atoms with E-state index >= 15 is 0 Å². The van der Waals surface area contributed by atoms with Gasteiger partial charge in [-0.05, 0) is 38.2 Å². The van der Waals surface area contributed by atoms with Crippen LogP contribution in [-0.4, -0.2) is 12.7 Å². The molecule has 1 aliphatic heterocycles. The molecule has 1 heterocycles. The summed E-state index contributed by atoms with van der Waals surface area (Å²) >= 11 is 0. The molecule has 1 saturated heterocycles. The van der Waals surface area contributed by atoms with Crippen LogP contribution in [0.2, 0.25) is 0 Å². The van der Waals surface area contributed by atoms with E-state index in [2.05, 4.69) is 31.2 Å². The maximum Gasteiger partial charge on any atom is 0.0576 e. The van der Waals surface area contributed by atoms with E-state index in [1.54, 1.807) is 0 Å². The van der Waals surface area contributed by atoms with Gasteiger partial charge >= 0.3 is 0 Å². The molecule has 0 bridgehead atoms. The summed E-state index contributed by atoms with van der Waals surface area (Å²) in [6.45, 7) is 3.03. The minimum Gasteiger partial charge on any atom is -0.378 e. The highest BCUT2D eigenvalue weighted by Gasteiger charge is 2.16. The second kappa shape index (κ2) is 5.46. The lowest BCUT2D eigenvalue weighted by Crippen LogP contribution is -2.14. The molecule has 2 rings (SSSR count). The standard InChI is InChI=1S/C14H21NO/c1-11-4-6-12(7-5-11)14(15)9-8-13-3-2-10-16-13/h4-7,13-14H,2-3,8-10,15H2,1H3. The lowest BCUT2D eigenvalue weighted by molar-refractivity contribution is 0.101. The first-order chi connectivity index (χ1) is 7.75. The first-order valence-electron chi connectivity index (χ1n) is 6.19. The Morgan fingerprint density at radius 3 is 2.75 bits per heavy atom. The van der Waals surface area contributed by atoms with Gasteiger partial charge in [-0.15, -0.1) is 0 Å². The number of hydrogen-bond acceptors (Lipinski definition) is 2. The first kappa shape index (κ1) is 11.6. The van der Waals surface area contributed by atoms with E-state index < -0.39 is 0 Å². The second-order valence-electron chi connectivity index (χ2n) is 4.73. The third-order valence-electron chi connectivity index (χ3n) is 3.33. The summed E-state index contributed by atoms with van der Waals surface area (Å²) in [7, 11) is 0. The van der Waals surface area contributed by atoms with Crippen LogP contribution in [0.5, 0.6) is 0 Å². The molecule has 2 N–H and O–H groups in total. The third-order valence-corrected chi connectivity index (χ3v) is 3.33. The van der Waals surface area contributed by atoms with E-state index in [1.807, 2.05) is 0 Å². The molecule has 2 heteroatoms. The minimum atomic E-state index is 0.157. The van der Waals surface area contributed by atoms with Crippen molar-refractivity contribution >= 4 is 0 Å². The highest BCUT2D eigenvalue weighted by molar-refractivity contribution is 5.23. The first-order valence-corrected chi connectivity index (χ1v) is 6.19. The average Bonchev–Trinajstić information content (AvgIpc) is 2.80. The summed E-state index contributed by atoms with van der Waals surface area (Å²) in [5, 5.41) is 0. The Kier molecular flexibility index (Phi) is 3.97. The Morgan fingerprint density at radius 2 is 2.12 bits per heavy atom. The van der Waals surface area contributed by atoms with E-state index in [9.17, 15) is 0 Å². The normalized spacial score (nSPS) is 22.2. The molecule has 0 radical (unpaired) electrons. The van der Waals surface area contributed by atoms with Crippen molar-refractivity contribution in [3.05, 3.63) is 35.4 Å². The van der Waals surface area contributed by atoms with Gasteiger partial charge < -0.3 is 10.5 Å². The number of rotatable bonds is 4. The topological polar surface area (TPSA) is 35.2 Å². The van der Waals surface area contributed by atoms with E-state index in [0.29, 0.717) is 6.10 Å². The Labute approximate surface area is 97.8 Å². The molecule has 0 aliphatic carbocycles. The van der Waals surface area contributed by atoms with Gasteiger partial charge in [0.25, 0.3) is 0 Å². The molecule has 0 saturated carbocycles. The molecule has 1 aliphatic rings. The number of nitrogens with two attached hydrogens (primary N) is 1. The van der Waals surface area contributed by atoms with Gasteiger partial charge in [0, 0.05) is 12.6 Å². The lowest BCUT2D eigenvalue weighted by Gasteiger charge is -2.15. The van der Waals surface area contributed by atoms with Crippen molar-refractivity contribution < 1.29 is 4.74 Å². The summed E-state index contributed by atoms with van der Waals surface area (Å²) in [6, 6.07) is 8.68. The summed E-state index contributed by atoms with van der Waals surface area (Å²) in [5.41, 5.74) is 8.69. The average molecular weight is 219 g/mol. The molecule has 2 atom stereocenters. The molecular formula is C14H21NO. The molecule has 2 nitrogen and oxygen atoms in total. The van der Waals surface area contributed by atoms with E-state index in [-0.39, 0.29) is 6.04 Å². The highest BCUT2D eigenvalue weighted by Crippen LogP contribution is 2.22. The molecule has 1 fully saturated rings. The molecule has 0 spiro atoms. The fourth-order valence-corrected chi connectivity index (χ4v) is 2.22. The molecule has 1 aromatic rings. The van der Waals surface area contributed by atoms with Crippen molar-refractivity contribution in [1.29, 1.82) is 0 Å². The van der Waals surface area contributed by atoms with Crippen molar-refractivity contribution in [2.75, 3.05) is 6.61 Å².